The highest BCUT2D eigenvalue weighted by Gasteiger charge is 2.09. The molecule has 4 nitrogen and oxygen atoms in total. The molecular weight excluding hydrogens is 176 g/mol. The van der Waals surface area contributed by atoms with Crippen LogP contribution >= 0.6 is 12.1 Å². The molecule has 0 spiro atoms. The van der Waals surface area contributed by atoms with E-state index < -0.39 is 6.09 Å². The quantitative estimate of drug-likeness (QED) is 0.651. The SMILES string of the molecule is O=C(O)NSN1CCCCCC1. The molecule has 0 unspecified atom stereocenters. The average molecular weight is 190 g/mol. The molecule has 0 bridgehead atoms. The van der Waals surface area contributed by atoms with Crippen molar-refractivity contribution in [2.24, 2.45) is 0 Å². The monoisotopic (exact) mass is 190 g/mol. The second-order valence-electron chi connectivity index (χ2n) is 2.84. The van der Waals surface area contributed by atoms with Crippen LogP contribution in [-0.2, 0) is 0 Å². The van der Waals surface area contributed by atoms with Crippen LogP contribution < -0.4 is 4.72 Å². The van der Waals surface area contributed by atoms with E-state index in [0.717, 1.165) is 13.1 Å². The zero-order valence-corrected chi connectivity index (χ0v) is 7.77. The standard InChI is InChI=1S/C7H14N2O2S/c10-7(11)8-12-9-5-3-1-2-4-6-9/h8H,1-6H2,(H,10,11). The van der Waals surface area contributed by atoms with Gasteiger partial charge in [-0.15, -0.1) is 0 Å². The molecule has 1 aliphatic heterocycles. The largest absolute Gasteiger partial charge is 0.464 e. The van der Waals surface area contributed by atoms with Crippen molar-refractivity contribution in [1.82, 2.24) is 9.03 Å². The van der Waals surface area contributed by atoms with E-state index in [4.69, 9.17) is 5.11 Å². The van der Waals surface area contributed by atoms with Gasteiger partial charge >= 0.3 is 6.09 Å². The van der Waals surface area contributed by atoms with E-state index in [1.165, 1.54) is 37.8 Å². The molecule has 1 fully saturated rings. The van der Waals surface area contributed by atoms with Crippen molar-refractivity contribution in [2.75, 3.05) is 13.1 Å². The minimum absolute atomic E-state index is 0.968. The van der Waals surface area contributed by atoms with Gasteiger partial charge in [0, 0.05) is 25.2 Å². The molecule has 12 heavy (non-hydrogen) atoms. The summed E-state index contributed by atoms with van der Waals surface area (Å²) in [7, 11) is 0. The molecule has 1 aliphatic rings. The fourth-order valence-electron chi connectivity index (χ4n) is 1.24. The number of nitrogens with one attached hydrogen (secondary N) is 1. The lowest BCUT2D eigenvalue weighted by molar-refractivity contribution is 0.201. The number of amides is 1. The van der Waals surface area contributed by atoms with Crippen molar-refractivity contribution in [3.8, 4) is 0 Å². The Hall–Kier alpha value is -0.420. The van der Waals surface area contributed by atoms with Gasteiger partial charge in [-0.2, -0.15) is 0 Å². The van der Waals surface area contributed by atoms with E-state index in [1.807, 2.05) is 0 Å². The minimum Gasteiger partial charge on any atom is -0.464 e. The summed E-state index contributed by atoms with van der Waals surface area (Å²) in [6.45, 7) is 1.98. The number of hydrogen-bond acceptors (Lipinski definition) is 3. The number of carboxylic acid groups (broad SMARTS) is 1. The maximum Gasteiger partial charge on any atom is 0.415 e. The molecule has 2 N–H and O–H groups in total. The normalized spacial score (nSPS) is 20.0. The van der Waals surface area contributed by atoms with Crippen molar-refractivity contribution >= 4 is 18.2 Å². The summed E-state index contributed by atoms with van der Waals surface area (Å²) in [6, 6.07) is 0. The molecule has 0 aromatic carbocycles. The van der Waals surface area contributed by atoms with E-state index in [-0.39, 0.29) is 0 Å². The maximum absolute atomic E-state index is 10.2. The fraction of sp³-hybridized carbons (Fsp3) is 0.857. The second-order valence-corrected chi connectivity index (χ2v) is 3.74. The first-order chi connectivity index (χ1) is 5.79. The molecule has 1 saturated heterocycles. The highest BCUT2D eigenvalue weighted by molar-refractivity contribution is 7.95. The van der Waals surface area contributed by atoms with Crippen molar-refractivity contribution in [3.05, 3.63) is 0 Å². The highest BCUT2D eigenvalue weighted by Crippen LogP contribution is 2.15. The Morgan fingerprint density at radius 1 is 1.25 bits per heavy atom. The third kappa shape index (κ3) is 3.82. The lowest BCUT2D eigenvalue weighted by atomic mass is 10.2. The van der Waals surface area contributed by atoms with Gasteiger partial charge in [0.15, 0.2) is 0 Å². The Balaban J connectivity index is 2.16. The van der Waals surface area contributed by atoms with Crippen LogP contribution in [0.3, 0.4) is 0 Å². The first-order valence-corrected chi connectivity index (χ1v) is 4.97. The van der Waals surface area contributed by atoms with E-state index >= 15 is 0 Å². The molecule has 0 aromatic rings. The Morgan fingerprint density at radius 3 is 2.33 bits per heavy atom. The molecule has 70 valence electrons. The number of hydrogen-bond donors (Lipinski definition) is 2. The molecule has 0 saturated carbocycles. The molecule has 1 amide bonds. The van der Waals surface area contributed by atoms with E-state index in [2.05, 4.69) is 9.03 Å². The number of nitrogens with zero attached hydrogens (tertiary/aromatic N) is 1. The van der Waals surface area contributed by atoms with Gasteiger partial charge in [-0.3, -0.25) is 4.72 Å². The maximum atomic E-state index is 10.2. The van der Waals surface area contributed by atoms with Crippen LogP contribution in [0.15, 0.2) is 0 Å². The Labute approximate surface area is 76.6 Å². The van der Waals surface area contributed by atoms with E-state index in [9.17, 15) is 4.79 Å². The summed E-state index contributed by atoms with van der Waals surface area (Å²) >= 11 is 1.20. The van der Waals surface area contributed by atoms with Crippen LogP contribution in [0.4, 0.5) is 4.79 Å². The molecule has 1 rings (SSSR count). The fourth-order valence-corrected chi connectivity index (χ4v) is 1.88. The van der Waals surface area contributed by atoms with Crippen LogP contribution in [0, 0.1) is 0 Å². The highest BCUT2D eigenvalue weighted by atomic mass is 32.2. The summed E-state index contributed by atoms with van der Waals surface area (Å²) in [5.41, 5.74) is 0. The molecule has 1 heterocycles. The Bertz CT molecular complexity index is 146. The molecule has 0 atom stereocenters. The van der Waals surface area contributed by atoms with Crippen LogP contribution in [0.5, 0.6) is 0 Å². The van der Waals surface area contributed by atoms with Gasteiger partial charge in [0.2, 0.25) is 0 Å². The van der Waals surface area contributed by atoms with Crippen molar-refractivity contribution in [3.63, 3.8) is 0 Å². The average Bonchev–Trinajstić information content (AvgIpc) is 2.28. The van der Waals surface area contributed by atoms with Crippen LogP contribution in [-0.4, -0.2) is 28.6 Å². The second kappa shape index (κ2) is 5.27. The van der Waals surface area contributed by atoms with Gasteiger partial charge in [-0.25, -0.2) is 9.10 Å². The summed E-state index contributed by atoms with van der Waals surface area (Å²) < 4.78 is 4.37. The molecule has 0 aromatic heterocycles. The summed E-state index contributed by atoms with van der Waals surface area (Å²) in [5, 5.41) is 8.36. The van der Waals surface area contributed by atoms with Crippen molar-refractivity contribution in [2.45, 2.75) is 25.7 Å². The molecule has 5 heteroatoms. The third-order valence-corrected chi connectivity index (χ3v) is 2.72. The van der Waals surface area contributed by atoms with Crippen LogP contribution in [0.2, 0.25) is 0 Å². The van der Waals surface area contributed by atoms with Crippen LogP contribution in [0.1, 0.15) is 25.7 Å². The van der Waals surface area contributed by atoms with Gasteiger partial charge in [0.05, 0.1) is 0 Å². The smallest absolute Gasteiger partial charge is 0.415 e. The summed E-state index contributed by atoms with van der Waals surface area (Å²) in [5.74, 6) is 0. The predicted molar refractivity (Wildman–Crippen MR) is 48.8 cm³/mol. The van der Waals surface area contributed by atoms with Crippen molar-refractivity contribution in [1.29, 1.82) is 0 Å². The zero-order valence-electron chi connectivity index (χ0n) is 6.95. The predicted octanol–water partition coefficient (Wildman–Crippen LogP) is 1.69. The van der Waals surface area contributed by atoms with Gasteiger partial charge in [0.25, 0.3) is 0 Å². The molecule has 0 radical (unpaired) electrons. The first-order valence-electron chi connectivity index (χ1n) is 4.20. The van der Waals surface area contributed by atoms with E-state index in [0.29, 0.717) is 0 Å². The molecule has 0 aliphatic carbocycles. The lowest BCUT2D eigenvalue weighted by Gasteiger charge is -2.16. The molecular formula is C7H14N2O2S. The number of carbonyl (C=O) groups is 1. The van der Waals surface area contributed by atoms with Gasteiger partial charge in [0.1, 0.15) is 0 Å². The van der Waals surface area contributed by atoms with E-state index in [1.54, 1.807) is 0 Å². The first kappa shape index (κ1) is 9.67. The van der Waals surface area contributed by atoms with Crippen LogP contribution in [0.25, 0.3) is 0 Å². The topological polar surface area (TPSA) is 52.6 Å². The summed E-state index contributed by atoms with van der Waals surface area (Å²) in [4.78, 5) is 10.2. The third-order valence-electron chi connectivity index (χ3n) is 1.83. The van der Waals surface area contributed by atoms with Gasteiger partial charge in [-0.05, 0) is 12.8 Å². The minimum atomic E-state index is -0.968. The Morgan fingerprint density at radius 2 is 1.83 bits per heavy atom. The summed E-state index contributed by atoms with van der Waals surface area (Å²) in [6.07, 6.45) is 3.92. The van der Waals surface area contributed by atoms with Gasteiger partial charge in [-0.1, -0.05) is 12.8 Å². The Kier molecular flexibility index (Phi) is 4.24. The lowest BCUT2D eigenvalue weighted by Crippen LogP contribution is -2.24. The van der Waals surface area contributed by atoms with Gasteiger partial charge < -0.3 is 5.11 Å². The van der Waals surface area contributed by atoms with Crippen molar-refractivity contribution < 1.29 is 9.90 Å². The number of rotatable bonds is 2. The zero-order chi connectivity index (χ0) is 8.81.